The summed E-state index contributed by atoms with van der Waals surface area (Å²) in [5.74, 6) is 1.26. The third kappa shape index (κ3) is 2.90. The van der Waals surface area contributed by atoms with Crippen LogP contribution in [0.5, 0.6) is 5.75 Å². The Balaban J connectivity index is 2.05. The number of hydrogen-bond acceptors (Lipinski definition) is 5. The predicted octanol–water partition coefficient (Wildman–Crippen LogP) is 5.06. The Hall–Kier alpha value is -1.56. The Morgan fingerprint density at radius 1 is 1.19 bits per heavy atom. The topological polar surface area (TPSA) is 47.0 Å². The lowest BCUT2D eigenvalue weighted by Crippen LogP contribution is -1.96. The Morgan fingerprint density at radius 3 is 2.76 bits per heavy atom. The van der Waals surface area contributed by atoms with Crippen molar-refractivity contribution in [3.05, 3.63) is 39.4 Å². The fraction of sp³-hybridized carbons (Fsp3) is 0.143. The van der Waals surface area contributed by atoms with Gasteiger partial charge in [0.05, 0.1) is 17.5 Å². The summed E-state index contributed by atoms with van der Waals surface area (Å²) in [5, 5.41) is 4.95. The number of nitrogens with one attached hydrogen (secondary N) is 1. The molecule has 0 saturated heterocycles. The lowest BCUT2D eigenvalue weighted by Gasteiger charge is -2.09. The van der Waals surface area contributed by atoms with Crippen molar-refractivity contribution >= 4 is 56.3 Å². The number of thiophene rings is 1. The van der Waals surface area contributed by atoms with Crippen LogP contribution >= 0.6 is 34.5 Å². The molecule has 21 heavy (non-hydrogen) atoms. The number of rotatable bonds is 3. The molecule has 0 atom stereocenters. The van der Waals surface area contributed by atoms with E-state index < -0.39 is 0 Å². The molecule has 4 nitrogen and oxygen atoms in total. The van der Waals surface area contributed by atoms with Gasteiger partial charge in [-0.25, -0.2) is 4.98 Å². The summed E-state index contributed by atoms with van der Waals surface area (Å²) in [5.41, 5.74) is 0.816. The van der Waals surface area contributed by atoms with Crippen LogP contribution in [0.2, 0.25) is 10.3 Å². The van der Waals surface area contributed by atoms with Crippen LogP contribution in [0.15, 0.2) is 24.3 Å². The molecule has 0 aliphatic carbocycles. The second kappa shape index (κ2) is 5.67. The molecule has 7 heteroatoms. The Kier molecular flexibility index (Phi) is 3.89. The first-order valence-corrected chi connectivity index (χ1v) is 7.68. The van der Waals surface area contributed by atoms with Gasteiger partial charge in [-0.1, -0.05) is 11.6 Å². The van der Waals surface area contributed by atoms with E-state index in [1.54, 1.807) is 24.5 Å². The predicted molar refractivity (Wildman–Crippen MR) is 88.4 cm³/mol. The number of aryl methyl sites for hydroxylation is 1. The number of methoxy groups -OCH3 is 1. The zero-order valence-corrected chi connectivity index (χ0v) is 13.6. The van der Waals surface area contributed by atoms with E-state index in [9.17, 15) is 0 Å². The highest BCUT2D eigenvalue weighted by molar-refractivity contribution is 7.18. The van der Waals surface area contributed by atoms with Crippen LogP contribution in [0.25, 0.3) is 10.2 Å². The van der Waals surface area contributed by atoms with E-state index in [1.165, 1.54) is 0 Å². The molecule has 2 aromatic heterocycles. The van der Waals surface area contributed by atoms with Crippen molar-refractivity contribution in [2.24, 2.45) is 0 Å². The van der Waals surface area contributed by atoms with Gasteiger partial charge >= 0.3 is 0 Å². The average Bonchev–Trinajstić information content (AvgIpc) is 2.81. The van der Waals surface area contributed by atoms with Crippen molar-refractivity contribution in [3.8, 4) is 5.75 Å². The van der Waals surface area contributed by atoms with Crippen LogP contribution < -0.4 is 10.1 Å². The molecule has 0 saturated carbocycles. The van der Waals surface area contributed by atoms with E-state index in [4.69, 9.17) is 27.9 Å². The van der Waals surface area contributed by atoms with E-state index in [1.807, 2.05) is 25.1 Å². The quantitative estimate of drug-likeness (QED) is 0.677. The SMILES string of the molecule is COc1cc(Nc2nc(Cl)nc3sc(C)cc23)ccc1Cl. The maximum absolute atomic E-state index is 6.03. The van der Waals surface area contributed by atoms with Crippen molar-refractivity contribution in [3.63, 3.8) is 0 Å². The monoisotopic (exact) mass is 339 g/mol. The minimum atomic E-state index is 0.216. The maximum atomic E-state index is 6.03. The number of halogens is 2. The number of ether oxygens (including phenoxy) is 1. The normalized spacial score (nSPS) is 10.9. The van der Waals surface area contributed by atoms with Crippen molar-refractivity contribution < 1.29 is 4.74 Å². The third-order valence-electron chi connectivity index (χ3n) is 2.90. The molecule has 0 fully saturated rings. The van der Waals surface area contributed by atoms with Crippen LogP contribution in [0.3, 0.4) is 0 Å². The molecule has 0 aliphatic heterocycles. The van der Waals surface area contributed by atoms with Gasteiger partial charge in [0.15, 0.2) is 0 Å². The molecule has 108 valence electrons. The van der Waals surface area contributed by atoms with E-state index in [2.05, 4.69) is 15.3 Å². The minimum absolute atomic E-state index is 0.216. The smallest absolute Gasteiger partial charge is 0.225 e. The summed E-state index contributed by atoms with van der Waals surface area (Å²) in [6.07, 6.45) is 0. The number of anilines is 2. The van der Waals surface area contributed by atoms with E-state index >= 15 is 0 Å². The molecule has 1 aromatic carbocycles. The van der Waals surface area contributed by atoms with Crippen LogP contribution in [-0.4, -0.2) is 17.1 Å². The highest BCUT2D eigenvalue weighted by Crippen LogP contribution is 2.33. The number of aromatic nitrogens is 2. The molecule has 0 radical (unpaired) electrons. The van der Waals surface area contributed by atoms with E-state index in [-0.39, 0.29) is 5.28 Å². The number of nitrogens with zero attached hydrogens (tertiary/aromatic N) is 2. The van der Waals surface area contributed by atoms with Gasteiger partial charge in [-0.15, -0.1) is 11.3 Å². The number of fused-ring (bicyclic) bond motifs is 1. The summed E-state index contributed by atoms with van der Waals surface area (Å²) in [7, 11) is 1.58. The molecule has 1 N–H and O–H groups in total. The van der Waals surface area contributed by atoms with Gasteiger partial charge in [-0.3, -0.25) is 0 Å². The van der Waals surface area contributed by atoms with Crippen LogP contribution in [0.4, 0.5) is 11.5 Å². The van der Waals surface area contributed by atoms with Gasteiger partial charge < -0.3 is 10.1 Å². The fourth-order valence-electron chi connectivity index (χ4n) is 1.99. The van der Waals surface area contributed by atoms with Crippen LogP contribution in [-0.2, 0) is 0 Å². The molecule has 3 rings (SSSR count). The van der Waals surface area contributed by atoms with Gasteiger partial charge in [0.25, 0.3) is 0 Å². The van der Waals surface area contributed by atoms with Gasteiger partial charge in [-0.05, 0) is 36.7 Å². The summed E-state index contributed by atoms with van der Waals surface area (Å²) >= 11 is 13.6. The molecule has 3 aromatic rings. The Morgan fingerprint density at radius 2 is 2.00 bits per heavy atom. The van der Waals surface area contributed by atoms with Gasteiger partial charge in [0.2, 0.25) is 5.28 Å². The van der Waals surface area contributed by atoms with E-state index in [0.717, 1.165) is 20.8 Å². The Bertz CT molecular complexity index is 819. The summed E-state index contributed by atoms with van der Waals surface area (Å²) in [6, 6.07) is 7.46. The third-order valence-corrected chi connectivity index (χ3v) is 4.33. The standard InChI is InChI=1S/C14H11Cl2N3OS/c1-7-5-9-12(18-14(16)19-13(9)21-7)17-8-3-4-10(15)11(6-8)20-2/h3-6H,1-2H3,(H,17,18,19). The molecule has 0 bridgehead atoms. The molecule has 0 spiro atoms. The first kappa shape index (κ1) is 14.4. The number of hydrogen-bond donors (Lipinski definition) is 1. The highest BCUT2D eigenvalue weighted by atomic mass is 35.5. The Labute approximate surface area is 135 Å². The average molecular weight is 340 g/mol. The maximum Gasteiger partial charge on any atom is 0.225 e. The summed E-state index contributed by atoms with van der Waals surface area (Å²) in [6.45, 7) is 2.02. The lowest BCUT2D eigenvalue weighted by atomic mass is 10.3. The van der Waals surface area contributed by atoms with Gasteiger partial charge in [0.1, 0.15) is 16.4 Å². The van der Waals surface area contributed by atoms with Crippen molar-refractivity contribution in [1.29, 1.82) is 0 Å². The summed E-state index contributed by atoms with van der Waals surface area (Å²) in [4.78, 5) is 10.5. The molecule has 2 heterocycles. The first-order chi connectivity index (χ1) is 10.1. The highest BCUT2D eigenvalue weighted by Gasteiger charge is 2.11. The van der Waals surface area contributed by atoms with Crippen LogP contribution in [0.1, 0.15) is 4.88 Å². The van der Waals surface area contributed by atoms with Crippen LogP contribution in [0, 0.1) is 6.92 Å². The molecule has 0 unspecified atom stereocenters. The second-order valence-electron chi connectivity index (χ2n) is 4.39. The van der Waals surface area contributed by atoms with Crippen molar-refractivity contribution in [2.75, 3.05) is 12.4 Å². The molecular weight excluding hydrogens is 329 g/mol. The van der Waals surface area contributed by atoms with Crippen molar-refractivity contribution in [2.45, 2.75) is 6.92 Å². The first-order valence-electron chi connectivity index (χ1n) is 6.11. The van der Waals surface area contributed by atoms with Gasteiger partial charge in [-0.2, -0.15) is 4.98 Å². The fourth-order valence-corrected chi connectivity index (χ4v) is 3.28. The largest absolute Gasteiger partial charge is 0.495 e. The minimum Gasteiger partial charge on any atom is -0.495 e. The molecule has 0 aliphatic rings. The molecular formula is C14H11Cl2N3OS. The summed E-state index contributed by atoms with van der Waals surface area (Å²) < 4.78 is 5.21. The van der Waals surface area contributed by atoms with E-state index in [0.29, 0.717) is 16.6 Å². The number of benzene rings is 1. The zero-order valence-electron chi connectivity index (χ0n) is 11.3. The molecule has 0 amide bonds. The van der Waals surface area contributed by atoms with Gasteiger partial charge in [0, 0.05) is 16.6 Å². The zero-order chi connectivity index (χ0) is 15.0. The second-order valence-corrected chi connectivity index (χ2v) is 6.37. The lowest BCUT2D eigenvalue weighted by molar-refractivity contribution is 0.415. The van der Waals surface area contributed by atoms with Crippen molar-refractivity contribution in [1.82, 2.24) is 9.97 Å².